The summed E-state index contributed by atoms with van der Waals surface area (Å²) < 4.78 is 10.2. The molecule has 1 amide bonds. The Kier molecular flexibility index (Phi) is 2.24. The monoisotopic (exact) mass is 195 g/mol. The topological polar surface area (TPSA) is 67.8 Å². The highest BCUT2D eigenvalue weighted by molar-refractivity contribution is 5.83. The standard InChI is InChI=1S/C9H9NO4/c11-9(12)10-7-1-2-8-6(3-7)4-13-5-14-8/h1-3,10H,4-5H2,(H,11,12). The maximum atomic E-state index is 10.4. The highest BCUT2D eigenvalue weighted by Crippen LogP contribution is 2.26. The number of hydrogen-bond acceptors (Lipinski definition) is 3. The Bertz CT molecular complexity index is 364. The van der Waals surface area contributed by atoms with Gasteiger partial charge in [-0.1, -0.05) is 0 Å². The predicted octanol–water partition coefficient (Wildman–Crippen LogP) is 1.64. The fourth-order valence-electron chi connectivity index (χ4n) is 1.29. The number of fused-ring (bicyclic) bond motifs is 1. The molecular weight excluding hydrogens is 186 g/mol. The zero-order valence-electron chi connectivity index (χ0n) is 7.32. The maximum Gasteiger partial charge on any atom is 0.409 e. The fraction of sp³-hybridized carbons (Fsp3) is 0.222. The predicted molar refractivity (Wildman–Crippen MR) is 48.4 cm³/mol. The molecule has 5 heteroatoms. The largest absolute Gasteiger partial charge is 0.467 e. The van der Waals surface area contributed by atoms with E-state index in [1.807, 2.05) is 0 Å². The molecule has 1 heterocycles. The summed E-state index contributed by atoms with van der Waals surface area (Å²) >= 11 is 0. The minimum Gasteiger partial charge on any atom is -0.467 e. The molecule has 14 heavy (non-hydrogen) atoms. The Hall–Kier alpha value is -1.75. The summed E-state index contributed by atoms with van der Waals surface area (Å²) in [6.45, 7) is 0.698. The number of nitrogens with one attached hydrogen (secondary N) is 1. The number of benzene rings is 1. The second-order valence-corrected chi connectivity index (χ2v) is 2.86. The van der Waals surface area contributed by atoms with Gasteiger partial charge in [0.25, 0.3) is 0 Å². The van der Waals surface area contributed by atoms with E-state index in [-0.39, 0.29) is 6.79 Å². The molecule has 0 saturated heterocycles. The maximum absolute atomic E-state index is 10.4. The van der Waals surface area contributed by atoms with Crippen molar-refractivity contribution >= 4 is 11.8 Å². The van der Waals surface area contributed by atoms with Crippen molar-refractivity contribution in [2.75, 3.05) is 12.1 Å². The van der Waals surface area contributed by atoms with Crippen LogP contribution in [0.5, 0.6) is 5.75 Å². The van der Waals surface area contributed by atoms with Crippen LogP contribution in [0.3, 0.4) is 0 Å². The van der Waals surface area contributed by atoms with Gasteiger partial charge in [-0.2, -0.15) is 0 Å². The highest BCUT2D eigenvalue weighted by atomic mass is 16.7. The lowest BCUT2D eigenvalue weighted by molar-refractivity contribution is -0.0163. The second kappa shape index (κ2) is 3.55. The summed E-state index contributed by atoms with van der Waals surface area (Å²) in [7, 11) is 0. The minimum atomic E-state index is -1.08. The Morgan fingerprint density at radius 2 is 2.36 bits per heavy atom. The van der Waals surface area contributed by atoms with E-state index in [1.54, 1.807) is 18.2 Å². The molecule has 2 rings (SSSR count). The molecule has 0 unspecified atom stereocenters. The molecular formula is C9H9NO4. The molecule has 1 aromatic rings. The van der Waals surface area contributed by atoms with Crippen LogP contribution in [0, 0.1) is 0 Å². The van der Waals surface area contributed by atoms with E-state index in [9.17, 15) is 4.79 Å². The van der Waals surface area contributed by atoms with Gasteiger partial charge in [0.15, 0.2) is 6.79 Å². The first-order chi connectivity index (χ1) is 6.75. The van der Waals surface area contributed by atoms with Crippen molar-refractivity contribution in [3.8, 4) is 5.75 Å². The van der Waals surface area contributed by atoms with E-state index in [4.69, 9.17) is 14.6 Å². The zero-order valence-corrected chi connectivity index (χ0v) is 7.32. The highest BCUT2D eigenvalue weighted by Gasteiger charge is 2.11. The average Bonchev–Trinajstić information content (AvgIpc) is 2.17. The van der Waals surface area contributed by atoms with Crippen molar-refractivity contribution in [1.82, 2.24) is 0 Å². The summed E-state index contributed by atoms with van der Waals surface area (Å²) in [4.78, 5) is 10.4. The van der Waals surface area contributed by atoms with Crippen LogP contribution in [-0.4, -0.2) is 18.0 Å². The number of amides is 1. The van der Waals surface area contributed by atoms with Crippen LogP contribution >= 0.6 is 0 Å². The Balaban J connectivity index is 2.24. The molecule has 1 aliphatic rings. The molecule has 0 bridgehead atoms. The second-order valence-electron chi connectivity index (χ2n) is 2.86. The van der Waals surface area contributed by atoms with Gasteiger partial charge in [-0.3, -0.25) is 5.32 Å². The van der Waals surface area contributed by atoms with Crippen LogP contribution in [0.4, 0.5) is 10.5 Å². The summed E-state index contributed by atoms with van der Waals surface area (Å²) in [5.41, 5.74) is 1.37. The van der Waals surface area contributed by atoms with Gasteiger partial charge in [0, 0.05) is 11.3 Å². The minimum absolute atomic E-state index is 0.249. The van der Waals surface area contributed by atoms with Gasteiger partial charge in [0.2, 0.25) is 0 Å². The van der Waals surface area contributed by atoms with Gasteiger partial charge in [-0.25, -0.2) is 4.79 Å². The zero-order chi connectivity index (χ0) is 9.97. The third-order valence-corrected chi connectivity index (χ3v) is 1.87. The molecule has 1 aliphatic heterocycles. The van der Waals surface area contributed by atoms with Crippen molar-refractivity contribution in [3.05, 3.63) is 23.8 Å². The van der Waals surface area contributed by atoms with Crippen molar-refractivity contribution in [1.29, 1.82) is 0 Å². The van der Waals surface area contributed by atoms with Crippen molar-refractivity contribution < 1.29 is 19.4 Å². The molecule has 0 aliphatic carbocycles. The number of anilines is 1. The molecule has 0 radical (unpaired) electrons. The number of rotatable bonds is 1. The normalized spacial score (nSPS) is 14.0. The third-order valence-electron chi connectivity index (χ3n) is 1.87. The first kappa shape index (κ1) is 8.83. The lowest BCUT2D eigenvalue weighted by atomic mass is 10.2. The summed E-state index contributed by atoms with van der Waals surface area (Å²) in [5, 5.41) is 10.8. The van der Waals surface area contributed by atoms with Crippen LogP contribution in [0.25, 0.3) is 0 Å². The van der Waals surface area contributed by atoms with Gasteiger partial charge in [0.05, 0.1) is 6.61 Å². The lowest BCUT2D eigenvalue weighted by Gasteiger charge is -2.17. The molecule has 2 N–H and O–H groups in total. The van der Waals surface area contributed by atoms with Crippen molar-refractivity contribution in [2.24, 2.45) is 0 Å². The average molecular weight is 195 g/mol. The van der Waals surface area contributed by atoms with Gasteiger partial charge < -0.3 is 14.6 Å². The van der Waals surface area contributed by atoms with Crippen LogP contribution in [-0.2, 0) is 11.3 Å². The van der Waals surface area contributed by atoms with E-state index in [0.717, 1.165) is 11.3 Å². The van der Waals surface area contributed by atoms with E-state index in [1.165, 1.54) is 0 Å². The van der Waals surface area contributed by atoms with E-state index in [2.05, 4.69) is 5.32 Å². The van der Waals surface area contributed by atoms with E-state index >= 15 is 0 Å². The molecule has 0 spiro atoms. The first-order valence-electron chi connectivity index (χ1n) is 4.09. The molecule has 0 aromatic heterocycles. The van der Waals surface area contributed by atoms with Gasteiger partial charge >= 0.3 is 6.09 Å². The van der Waals surface area contributed by atoms with Crippen LogP contribution in [0.1, 0.15) is 5.56 Å². The van der Waals surface area contributed by atoms with E-state index < -0.39 is 6.09 Å². The summed E-state index contributed by atoms with van der Waals surface area (Å²) in [5.74, 6) is 0.743. The number of ether oxygens (including phenoxy) is 2. The van der Waals surface area contributed by atoms with Gasteiger partial charge in [-0.05, 0) is 18.2 Å². The molecule has 74 valence electrons. The first-order valence-corrected chi connectivity index (χ1v) is 4.09. The molecule has 5 nitrogen and oxygen atoms in total. The number of carbonyl (C=O) groups is 1. The van der Waals surface area contributed by atoms with Crippen molar-refractivity contribution in [3.63, 3.8) is 0 Å². The summed E-state index contributed by atoms with van der Waals surface area (Å²) in [6, 6.07) is 5.07. The van der Waals surface area contributed by atoms with Crippen molar-refractivity contribution in [2.45, 2.75) is 6.61 Å². The Morgan fingerprint density at radius 1 is 1.50 bits per heavy atom. The SMILES string of the molecule is O=C(O)Nc1ccc2c(c1)COCO2. The third kappa shape index (κ3) is 1.77. The molecule has 0 saturated carbocycles. The quantitative estimate of drug-likeness (QED) is 0.714. The van der Waals surface area contributed by atoms with E-state index in [0.29, 0.717) is 12.3 Å². The molecule has 1 aromatic carbocycles. The fourth-order valence-corrected chi connectivity index (χ4v) is 1.29. The number of carboxylic acid groups (broad SMARTS) is 1. The van der Waals surface area contributed by atoms with Gasteiger partial charge in [-0.15, -0.1) is 0 Å². The smallest absolute Gasteiger partial charge is 0.409 e. The lowest BCUT2D eigenvalue weighted by Crippen LogP contribution is -2.12. The number of hydrogen-bond donors (Lipinski definition) is 2. The Labute approximate surface area is 80.3 Å². The van der Waals surface area contributed by atoms with Crippen LogP contribution in [0.15, 0.2) is 18.2 Å². The molecule has 0 fully saturated rings. The Morgan fingerprint density at radius 3 is 3.14 bits per heavy atom. The van der Waals surface area contributed by atoms with Crippen LogP contribution in [0.2, 0.25) is 0 Å². The van der Waals surface area contributed by atoms with Crippen LogP contribution < -0.4 is 10.1 Å². The summed E-state index contributed by atoms with van der Waals surface area (Å²) in [6.07, 6.45) is -1.08. The molecule has 0 atom stereocenters. The van der Waals surface area contributed by atoms with Gasteiger partial charge in [0.1, 0.15) is 5.75 Å².